The zero-order valence-corrected chi connectivity index (χ0v) is 18.7. The normalized spacial score (nSPS) is 20.5. The lowest BCUT2D eigenvalue weighted by Gasteiger charge is -2.30. The van der Waals surface area contributed by atoms with Crippen molar-refractivity contribution in [3.8, 4) is 5.75 Å². The quantitative estimate of drug-likeness (QED) is 0.217. The lowest BCUT2D eigenvalue weighted by atomic mass is 9.94. The average molecular weight is 467 g/mol. The number of hydrogen-bond acceptors (Lipinski definition) is 8. The molecule has 0 saturated carbocycles. The molecule has 1 N–H and O–H groups in total. The van der Waals surface area contributed by atoms with Crippen LogP contribution in [0.5, 0.6) is 5.75 Å². The summed E-state index contributed by atoms with van der Waals surface area (Å²) in [4.78, 5) is 40.9. The molecule has 2 aliphatic heterocycles. The number of methoxy groups -OCH3 is 1. The summed E-state index contributed by atoms with van der Waals surface area (Å²) in [6, 6.07) is 11.2. The third-order valence-corrected chi connectivity index (χ3v) is 6.09. The number of likely N-dealkylation sites (tertiary alicyclic amines) is 1. The van der Waals surface area contributed by atoms with E-state index in [-0.39, 0.29) is 23.4 Å². The van der Waals surface area contributed by atoms with Crippen molar-refractivity contribution in [1.82, 2.24) is 9.80 Å². The van der Waals surface area contributed by atoms with Gasteiger partial charge in [-0.3, -0.25) is 24.6 Å². The second-order valence-electron chi connectivity index (χ2n) is 7.99. The summed E-state index contributed by atoms with van der Waals surface area (Å²) >= 11 is 0. The van der Waals surface area contributed by atoms with Gasteiger partial charge in [-0.15, -0.1) is 0 Å². The molecule has 2 saturated heterocycles. The number of para-hydroxylation sites is 1. The number of rotatable bonds is 7. The highest BCUT2D eigenvalue weighted by atomic mass is 16.6. The zero-order valence-electron chi connectivity index (χ0n) is 18.7. The minimum atomic E-state index is -1.09. The maximum absolute atomic E-state index is 13.1. The van der Waals surface area contributed by atoms with Gasteiger partial charge in [-0.2, -0.15) is 0 Å². The van der Waals surface area contributed by atoms with E-state index >= 15 is 0 Å². The Morgan fingerprint density at radius 1 is 1.12 bits per heavy atom. The van der Waals surface area contributed by atoms with E-state index in [0.29, 0.717) is 44.2 Å². The van der Waals surface area contributed by atoms with Gasteiger partial charge in [-0.1, -0.05) is 12.1 Å². The van der Waals surface area contributed by atoms with Crippen molar-refractivity contribution in [2.75, 3.05) is 46.5 Å². The maximum Gasteiger partial charge on any atom is 0.295 e. The van der Waals surface area contributed by atoms with E-state index in [9.17, 15) is 24.8 Å². The molecule has 178 valence electrons. The number of hydrogen-bond donors (Lipinski definition) is 1. The van der Waals surface area contributed by atoms with E-state index in [0.717, 1.165) is 0 Å². The number of carbonyl (C=O) groups is 2. The molecule has 2 aromatic carbocycles. The number of morpholine rings is 1. The molecule has 0 unspecified atom stereocenters. The highest BCUT2D eigenvalue weighted by Gasteiger charge is 2.48. The molecule has 2 aromatic rings. The van der Waals surface area contributed by atoms with Gasteiger partial charge < -0.3 is 19.5 Å². The van der Waals surface area contributed by atoms with Gasteiger partial charge in [0, 0.05) is 37.8 Å². The van der Waals surface area contributed by atoms with E-state index in [1.807, 2.05) is 0 Å². The molecule has 2 heterocycles. The van der Waals surface area contributed by atoms with Gasteiger partial charge in [-0.25, -0.2) is 0 Å². The third-order valence-electron chi connectivity index (χ3n) is 6.09. The third kappa shape index (κ3) is 4.50. The Bertz CT molecular complexity index is 1120. The van der Waals surface area contributed by atoms with Gasteiger partial charge in [0.15, 0.2) is 0 Å². The number of amides is 1. The minimum Gasteiger partial charge on any atom is -0.507 e. The number of aliphatic hydroxyl groups excluding tert-OH is 1. The molecular weight excluding hydrogens is 442 g/mol. The second kappa shape index (κ2) is 10.0. The molecule has 2 fully saturated rings. The fraction of sp³-hybridized carbons (Fsp3) is 0.333. The van der Waals surface area contributed by atoms with Crippen LogP contribution >= 0.6 is 0 Å². The second-order valence-corrected chi connectivity index (χ2v) is 7.99. The SMILES string of the molecule is COc1ccc(/C(O)=C2\C(=O)C(=O)N(CCN3CCOCC3)[C@@H]2c2ccccc2[N+](=O)[O-])cc1. The first-order valence-corrected chi connectivity index (χ1v) is 10.9. The first kappa shape index (κ1) is 23.4. The van der Waals surface area contributed by atoms with Crippen molar-refractivity contribution in [1.29, 1.82) is 0 Å². The fourth-order valence-corrected chi connectivity index (χ4v) is 4.30. The van der Waals surface area contributed by atoms with Gasteiger partial charge in [-0.05, 0) is 30.3 Å². The predicted octanol–water partition coefficient (Wildman–Crippen LogP) is 2.36. The summed E-state index contributed by atoms with van der Waals surface area (Å²) < 4.78 is 10.5. The zero-order chi connectivity index (χ0) is 24.2. The number of Topliss-reactive ketones (excluding diaryl/α,β-unsaturated/α-hetero) is 1. The number of benzene rings is 2. The van der Waals surface area contributed by atoms with Gasteiger partial charge in [0.2, 0.25) is 0 Å². The van der Waals surface area contributed by atoms with Crippen LogP contribution in [0.4, 0.5) is 5.69 Å². The highest BCUT2D eigenvalue weighted by Crippen LogP contribution is 2.42. The monoisotopic (exact) mass is 467 g/mol. The van der Waals surface area contributed by atoms with Crippen molar-refractivity contribution in [3.63, 3.8) is 0 Å². The molecule has 4 rings (SSSR count). The Morgan fingerprint density at radius 3 is 2.44 bits per heavy atom. The number of ketones is 1. The standard InChI is InChI=1S/C24H25N3O7/c1-33-17-8-6-16(7-9-17)22(28)20-21(18-4-2-3-5-19(18)27(31)32)26(24(30)23(20)29)11-10-25-12-14-34-15-13-25/h2-9,21,28H,10-15H2,1H3/b22-20+/t21-/m1/s1. The lowest BCUT2D eigenvalue weighted by Crippen LogP contribution is -2.42. The largest absolute Gasteiger partial charge is 0.507 e. The van der Waals surface area contributed by atoms with Gasteiger partial charge in [0.1, 0.15) is 11.5 Å². The molecule has 10 heteroatoms. The number of nitro groups is 1. The lowest BCUT2D eigenvalue weighted by molar-refractivity contribution is -0.385. The van der Waals surface area contributed by atoms with Gasteiger partial charge in [0.25, 0.3) is 17.4 Å². The van der Waals surface area contributed by atoms with E-state index in [2.05, 4.69) is 4.90 Å². The fourth-order valence-electron chi connectivity index (χ4n) is 4.30. The number of nitro benzene ring substituents is 1. The van der Waals surface area contributed by atoms with Crippen LogP contribution in [0.3, 0.4) is 0 Å². The molecule has 0 bridgehead atoms. The summed E-state index contributed by atoms with van der Waals surface area (Å²) in [5.41, 5.74) is 0.0668. The topological polar surface area (TPSA) is 122 Å². The number of carbonyl (C=O) groups excluding carboxylic acids is 2. The number of ether oxygens (including phenoxy) is 2. The molecule has 1 atom stereocenters. The molecule has 10 nitrogen and oxygen atoms in total. The summed E-state index contributed by atoms with van der Waals surface area (Å²) in [6.07, 6.45) is 0. The van der Waals surface area contributed by atoms with E-state index < -0.39 is 28.4 Å². The number of nitrogens with zero attached hydrogens (tertiary/aromatic N) is 3. The average Bonchev–Trinajstić information content (AvgIpc) is 3.12. The van der Waals surface area contributed by atoms with E-state index in [1.54, 1.807) is 30.3 Å². The molecule has 0 radical (unpaired) electrons. The summed E-state index contributed by atoms with van der Waals surface area (Å²) in [5, 5.41) is 22.9. The molecule has 0 aliphatic carbocycles. The van der Waals surface area contributed by atoms with Crippen molar-refractivity contribution in [2.45, 2.75) is 6.04 Å². The molecular formula is C24H25N3O7. The first-order valence-electron chi connectivity index (χ1n) is 10.9. The summed E-state index contributed by atoms with van der Waals surface area (Å²) in [6.45, 7) is 3.16. The minimum absolute atomic E-state index is 0.167. The molecule has 1 amide bonds. The Morgan fingerprint density at radius 2 is 1.79 bits per heavy atom. The number of aliphatic hydroxyl groups is 1. The molecule has 0 spiro atoms. The van der Waals surface area contributed by atoms with E-state index in [4.69, 9.17) is 9.47 Å². The van der Waals surface area contributed by atoms with Crippen LogP contribution in [0.2, 0.25) is 0 Å². The van der Waals surface area contributed by atoms with Crippen LogP contribution in [0, 0.1) is 10.1 Å². The Balaban J connectivity index is 1.79. The van der Waals surface area contributed by atoms with Gasteiger partial charge in [0.05, 0.1) is 42.4 Å². The molecule has 0 aromatic heterocycles. The summed E-state index contributed by atoms with van der Waals surface area (Å²) in [7, 11) is 1.50. The first-order chi connectivity index (χ1) is 16.4. The van der Waals surface area contributed by atoms with Crippen molar-refractivity contribution < 1.29 is 29.1 Å². The Hall–Kier alpha value is -3.76. The highest BCUT2D eigenvalue weighted by molar-refractivity contribution is 6.46. The van der Waals surface area contributed by atoms with Crippen LogP contribution in [0.15, 0.2) is 54.1 Å². The van der Waals surface area contributed by atoms with Crippen molar-refractivity contribution in [2.24, 2.45) is 0 Å². The van der Waals surface area contributed by atoms with Crippen molar-refractivity contribution >= 4 is 23.1 Å². The van der Waals surface area contributed by atoms with Crippen LogP contribution in [0.1, 0.15) is 17.2 Å². The van der Waals surface area contributed by atoms with Crippen LogP contribution in [-0.4, -0.2) is 78.0 Å². The van der Waals surface area contributed by atoms with Crippen LogP contribution < -0.4 is 4.74 Å². The maximum atomic E-state index is 13.1. The Kier molecular flexibility index (Phi) is 6.90. The van der Waals surface area contributed by atoms with E-state index in [1.165, 1.54) is 30.2 Å². The Labute approximate surface area is 196 Å². The predicted molar refractivity (Wildman–Crippen MR) is 122 cm³/mol. The smallest absolute Gasteiger partial charge is 0.295 e. The van der Waals surface area contributed by atoms with Gasteiger partial charge >= 0.3 is 0 Å². The molecule has 2 aliphatic rings. The summed E-state index contributed by atoms with van der Waals surface area (Å²) in [5.74, 6) is -1.51. The van der Waals surface area contributed by atoms with Crippen LogP contribution in [-0.2, 0) is 14.3 Å². The van der Waals surface area contributed by atoms with Crippen LogP contribution in [0.25, 0.3) is 5.76 Å². The van der Waals surface area contributed by atoms with Crippen molar-refractivity contribution in [3.05, 3.63) is 75.3 Å². The molecule has 34 heavy (non-hydrogen) atoms.